The number of guanidine groups is 1. The lowest BCUT2D eigenvalue weighted by atomic mass is 10.1. The number of nitrogens with two attached hydrogens (primary N) is 1. The molecular weight excluding hydrogens is 290 g/mol. The number of hydrogen-bond acceptors (Lipinski definition) is 3. The summed E-state index contributed by atoms with van der Waals surface area (Å²) >= 11 is 0. The first-order valence-electron chi connectivity index (χ1n) is 8.59. The highest BCUT2D eigenvalue weighted by Gasteiger charge is 2.12. The van der Waals surface area contributed by atoms with Crippen molar-refractivity contribution in [3.63, 3.8) is 0 Å². The van der Waals surface area contributed by atoms with Crippen molar-refractivity contribution in [3.8, 4) is 11.5 Å². The molecule has 5 nitrogen and oxygen atoms in total. The largest absolute Gasteiger partial charge is 0.493 e. The zero-order valence-corrected chi connectivity index (χ0v) is 14.3. The van der Waals surface area contributed by atoms with Crippen LogP contribution in [-0.2, 0) is 6.54 Å². The fourth-order valence-electron chi connectivity index (χ4n) is 2.94. The molecule has 0 unspecified atom stereocenters. The van der Waals surface area contributed by atoms with E-state index in [1.54, 1.807) is 7.11 Å². The summed E-state index contributed by atoms with van der Waals surface area (Å²) in [6, 6.07) is 6.33. The van der Waals surface area contributed by atoms with Gasteiger partial charge in [-0.05, 0) is 37.5 Å². The third kappa shape index (κ3) is 5.66. The van der Waals surface area contributed by atoms with E-state index in [0.29, 0.717) is 25.2 Å². The van der Waals surface area contributed by atoms with Crippen LogP contribution in [-0.4, -0.2) is 25.7 Å². The van der Waals surface area contributed by atoms with E-state index in [1.807, 2.05) is 25.1 Å². The Morgan fingerprint density at radius 1 is 1.22 bits per heavy atom. The van der Waals surface area contributed by atoms with Gasteiger partial charge in [-0.3, -0.25) is 0 Å². The molecule has 3 N–H and O–H groups in total. The first-order valence-corrected chi connectivity index (χ1v) is 8.59. The Balaban J connectivity index is 1.93. The normalized spacial score (nSPS) is 16.7. The van der Waals surface area contributed by atoms with Gasteiger partial charge in [-0.2, -0.15) is 0 Å². The zero-order valence-electron chi connectivity index (χ0n) is 14.3. The molecular formula is C18H29N3O2. The van der Waals surface area contributed by atoms with Gasteiger partial charge in [0.05, 0.1) is 20.3 Å². The molecule has 0 aliphatic heterocycles. The molecule has 0 saturated heterocycles. The maximum absolute atomic E-state index is 6.04. The molecule has 2 rings (SSSR count). The number of nitrogens with one attached hydrogen (secondary N) is 1. The Hall–Kier alpha value is -1.91. The molecule has 0 amide bonds. The van der Waals surface area contributed by atoms with Gasteiger partial charge in [-0.25, -0.2) is 4.99 Å². The fourth-order valence-corrected chi connectivity index (χ4v) is 2.94. The zero-order chi connectivity index (χ0) is 16.5. The molecule has 1 aromatic rings. The van der Waals surface area contributed by atoms with Crippen LogP contribution in [0.1, 0.15) is 51.0 Å². The number of benzene rings is 1. The van der Waals surface area contributed by atoms with E-state index in [1.165, 1.54) is 38.5 Å². The molecule has 0 spiro atoms. The predicted molar refractivity (Wildman–Crippen MR) is 94.1 cm³/mol. The molecule has 1 aromatic carbocycles. The summed E-state index contributed by atoms with van der Waals surface area (Å²) in [4.78, 5) is 4.46. The maximum Gasteiger partial charge on any atom is 0.189 e. The van der Waals surface area contributed by atoms with Crippen LogP contribution in [0.2, 0.25) is 0 Å². The molecule has 0 heterocycles. The average molecular weight is 319 g/mol. The third-order valence-corrected chi connectivity index (χ3v) is 4.17. The predicted octanol–water partition coefficient (Wildman–Crippen LogP) is 3.22. The average Bonchev–Trinajstić information content (AvgIpc) is 2.82. The van der Waals surface area contributed by atoms with Gasteiger partial charge < -0.3 is 20.5 Å². The standard InChI is InChI=1S/C18H29N3O2/c1-3-23-17-12-14(10-11-16(17)22-2)13-20-18(19)21-15-8-6-4-5-7-9-15/h10-12,15H,3-9,13H2,1-2H3,(H3,19,20,21). The Bertz CT molecular complexity index is 509. The van der Waals surface area contributed by atoms with Crippen molar-refractivity contribution in [2.45, 2.75) is 58.0 Å². The van der Waals surface area contributed by atoms with Crippen molar-refractivity contribution in [3.05, 3.63) is 23.8 Å². The second-order valence-electron chi connectivity index (χ2n) is 5.95. The number of nitrogens with zero attached hydrogens (tertiary/aromatic N) is 1. The Morgan fingerprint density at radius 3 is 2.61 bits per heavy atom. The molecule has 1 aliphatic rings. The van der Waals surface area contributed by atoms with E-state index in [0.717, 1.165) is 17.1 Å². The van der Waals surface area contributed by atoms with Gasteiger partial charge >= 0.3 is 0 Å². The summed E-state index contributed by atoms with van der Waals surface area (Å²) in [6.45, 7) is 3.10. The van der Waals surface area contributed by atoms with Crippen molar-refractivity contribution >= 4 is 5.96 Å². The lowest BCUT2D eigenvalue weighted by Crippen LogP contribution is -2.39. The number of methoxy groups -OCH3 is 1. The Kier molecular flexibility index (Phi) is 7.04. The minimum Gasteiger partial charge on any atom is -0.493 e. The van der Waals surface area contributed by atoms with Crippen molar-refractivity contribution in [1.29, 1.82) is 0 Å². The summed E-state index contributed by atoms with van der Waals surface area (Å²) < 4.78 is 10.9. The lowest BCUT2D eigenvalue weighted by molar-refractivity contribution is 0.310. The molecule has 0 bridgehead atoms. The monoisotopic (exact) mass is 319 g/mol. The smallest absolute Gasteiger partial charge is 0.189 e. The molecule has 0 radical (unpaired) electrons. The Labute approximate surface area is 139 Å². The third-order valence-electron chi connectivity index (χ3n) is 4.17. The molecule has 23 heavy (non-hydrogen) atoms. The van der Waals surface area contributed by atoms with E-state index < -0.39 is 0 Å². The number of rotatable bonds is 6. The highest BCUT2D eigenvalue weighted by molar-refractivity contribution is 5.78. The highest BCUT2D eigenvalue weighted by Crippen LogP contribution is 2.28. The van der Waals surface area contributed by atoms with E-state index >= 15 is 0 Å². The SMILES string of the molecule is CCOc1cc(CN=C(N)NC2CCCCCC2)ccc1OC. The van der Waals surface area contributed by atoms with Gasteiger partial charge in [-0.1, -0.05) is 31.7 Å². The van der Waals surface area contributed by atoms with Crippen LogP contribution in [0.5, 0.6) is 11.5 Å². The maximum atomic E-state index is 6.04. The second-order valence-corrected chi connectivity index (χ2v) is 5.95. The lowest BCUT2D eigenvalue weighted by Gasteiger charge is -2.16. The van der Waals surface area contributed by atoms with Gasteiger partial charge in [0.25, 0.3) is 0 Å². The van der Waals surface area contributed by atoms with Crippen LogP contribution >= 0.6 is 0 Å². The van der Waals surface area contributed by atoms with Gasteiger partial charge in [0.1, 0.15) is 0 Å². The second kappa shape index (κ2) is 9.28. The van der Waals surface area contributed by atoms with Crippen molar-refractivity contribution < 1.29 is 9.47 Å². The van der Waals surface area contributed by atoms with Crippen LogP contribution in [0, 0.1) is 0 Å². The van der Waals surface area contributed by atoms with E-state index in [-0.39, 0.29) is 0 Å². The van der Waals surface area contributed by atoms with E-state index in [9.17, 15) is 0 Å². The van der Waals surface area contributed by atoms with Crippen molar-refractivity contribution in [2.24, 2.45) is 10.7 Å². The summed E-state index contributed by atoms with van der Waals surface area (Å²) in [5.74, 6) is 2.02. The molecule has 128 valence electrons. The molecule has 0 atom stereocenters. The number of hydrogen-bond donors (Lipinski definition) is 2. The first kappa shape index (κ1) is 17.4. The minimum absolute atomic E-state index is 0.469. The van der Waals surface area contributed by atoms with Crippen LogP contribution in [0.4, 0.5) is 0 Å². The van der Waals surface area contributed by atoms with Gasteiger partial charge in [-0.15, -0.1) is 0 Å². The summed E-state index contributed by atoms with van der Waals surface area (Å²) in [6.07, 6.45) is 7.60. The number of ether oxygens (including phenoxy) is 2. The molecule has 1 fully saturated rings. The number of aliphatic imine (C=N–C) groups is 1. The Morgan fingerprint density at radius 2 is 1.96 bits per heavy atom. The van der Waals surface area contributed by atoms with Crippen molar-refractivity contribution in [2.75, 3.05) is 13.7 Å². The van der Waals surface area contributed by atoms with Gasteiger partial charge in [0.15, 0.2) is 17.5 Å². The highest BCUT2D eigenvalue weighted by atomic mass is 16.5. The van der Waals surface area contributed by atoms with Crippen LogP contribution < -0.4 is 20.5 Å². The van der Waals surface area contributed by atoms with Crippen molar-refractivity contribution in [1.82, 2.24) is 5.32 Å². The van der Waals surface area contributed by atoms with Gasteiger partial charge in [0.2, 0.25) is 0 Å². The van der Waals surface area contributed by atoms with Crippen LogP contribution in [0.25, 0.3) is 0 Å². The van der Waals surface area contributed by atoms with E-state index in [4.69, 9.17) is 15.2 Å². The topological polar surface area (TPSA) is 68.9 Å². The van der Waals surface area contributed by atoms with Gasteiger partial charge in [0, 0.05) is 6.04 Å². The molecule has 5 heteroatoms. The van der Waals surface area contributed by atoms with E-state index in [2.05, 4.69) is 10.3 Å². The van der Waals surface area contributed by atoms with Crippen LogP contribution in [0.15, 0.2) is 23.2 Å². The molecule has 1 aliphatic carbocycles. The summed E-state index contributed by atoms with van der Waals surface area (Å²) in [7, 11) is 1.64. The summed E-state index contributed by atoms with van der Waals surface area (Å²) in [5, 5.41) is 3.36. The minimum atomic E-state index is 0.469. The first-order chi connectivity index (χ1) is 11.2. The molecule has 0 aromatic heterocycles. The summed E-state index contributed by atoms with van der Waals surface area (Å²) in [5.41, 5.74) is 7.09. The quantitative estimate of drug-likeness (QED) is 0.480. The fraction of sp³-hybridized carbons (Fsp3) is 0.611. The molecule has 1 saturated carbocycles. The van der Waals surface area contributed by atoms with Crippen LogP contribution in [0.3, 0.4) is 0 Å².